The summed E-state index contributed by atoms with van der Waals surface area (Å²) in [6.07, 6.45) is -2.37. The SMILES string of the molecule is Cc1cc(C)n(Cc2cccc(C(F)(F)F)c2)c1C(=O)N1CCCC1. The van der Waals surface area contributed by atoms with Gasteiger partial charge in [0.15, 0.2) is 0 Å². The summed E-state index contributed by atoms with van der Waals surface area (Å²) in [6.45, 7) is 5.48. The van der Waals surface area contributed by atoms with Crippen molar-refractivity contribution in [3.05, 3.63) is 58.4 Å². The maximum absolute atomic E-state index is 12.9. The van der Waals surface area contributed by atoms with Gasteiger partial charge < -0.3 is 9.47 Å². The molecule has 1 fully saturated rings. The van der Waals surface area contributed by atoms with E-state index in [0.717, 1.165) is 49.3 Å². The minimum atomic E-state index is -4.37. The lowest BCUT2D eigenvalue weighted by molar-refractivity contribution is -0.137. The predicted octanol–water partition coefficient (Wildman–Crippen LogP) is 4.41. The third kappa shape index (κ3) is 3.57. The number of alkyl halides is 3. The van der Waals surface area contributed by atoms with Gasteiger partial charge in [-0.15, -0.1) is 0 Å². The summed E-state index contributed by atoms with van der Waals surface area (Å²) < 4.78 is 40.6. The highest BCUT2D eigenvalue weighted by Gasteiger charge is 2.30. The number of carbonyl (C=O) groups is 1. The molecule has 1 aromatic heterocycles. The summed E-state index contributed by atoms with van der Waals surface area (Å²) in [5.74, 6) is -0.0323. The molecule has 0 spiro atoms. The van der Waals surface area contributed by atoms with Gasteiger partial charge in [-0.2, -0.15) is 13.2 Å². The zero-order chi connectivity index (χ0) is 18.2. The molecule has 1 aliphatic heterocycles. The first-order valence-corrected chi connectivity index (χ1v) is 8.39. The molecule has 0 unspecified atom stereocenters. The second-order valence-corrected chi connectivity index (χ2v) is 6.60. The Hall–Kier alpha value is -2.24. The molecule has 3 rings (SSSR count). The van der Waals surface area contributed by atoms with Gasteiger partial charge in [0.05, 0.1) is 5.56 Å². The van der Waals surface area contributed by atoms with Crippen molar-refractivity contribution >= 4 is 5.91 Å². The highest BCUT2D eigenvalue weighted by Crippen LogP contribution is 2.30. The smallest absolute Gasteiger partial charge is 0.337 e. The second kappa shape index (κ2) is 6.58. The quantitative estimate of drug-likeness (QED) is 0.805. The topological polar surface area (TPSA) is 25.2 Å². The normalized spacial score (nSPS) is 15.0. The van der Waals surface area contributed by atoms with Crippen LogP contribution in [-0.2, 0) is 12.7 Å². The monoisotopic (exact) mass is 350 g/mol. The summed E-state index contributed by atoms with van der Waals surface area (Å²) >= 11 is 0. The summed E-state index contributed by atoms with van der Waals surface area (Å²) in [7, 11) is 0. The Kier molecular flexibility index (Phi) is 4.62. The molecule has 1 aliphatic rings. The minimum Gasteiger partial charge on any atom is -0.337 e. The average Bonchev–Trinajstić information content (AvgIpc) is 3.16. The third-order valence-electron chi connectivity index (χ3n) is 4.69. The fourth-order valence-corrected chi connectivity index (χ4v) is 3.44. The maximum Gasteiger partial charge on any atom is 0.416 e. The third-order valence-corrected chi connectivity index (χ3v) is 4.69. The van der Waals surface area contributed by atoms with Gasteiger partial charge in [0.25, 0.3) is 5.91 Å². The standard InChI is InChI=1S/C19H21F3N2O/c1-13-10-14(2)24(17(13)18(25)23-8-3-4-9-23)12-15-6-5-7-16(11-15)19(20,21)22/h5-7,10-11H,3-4,8-9,12H2,1-2H3. The van der Waals surface area contributed by atoms with Crippen molar-refractivity contribution in [3.63, 3.8) is 0 Å². The number of rotatable bonds is 3. The Balaban J connectivity index is 1.94. The van der Waals surface area contributed by atoms with Crippen LogP contribution >= 0.6 is 0 Å². The number of amides is 1. The number of likely N-dealkylation sites (tertiary alicyclic amines) is 1. The van der Waals surface area contributed by atoms with Gasteiger partial charge in [-0.3, -0.25) is 4.79 Å². The van der Waals surface area contributed by atoms with Gasteiger partial charge in [0.1, 0.15) is 5.69 Å². The predicted molar refractivity (Wildman–Crippen MR) is 89.6 cm³/mol. The Bertz CT molecular complexity index is 786. The Labute approximate surface area is 145 Å². The van der Waals surface area contributed by atoms with E-state index in [1.807, 2.05) is 29.4 Å². The van der Waals surface area contributed by atoms with Crippen molar-refractivity contribution in [3.8, 4) is 0 Å². The first-order valence-electron chi connectivity index (χ1n) is 8.39. The van der Waals surface area contributed by atoms with Crippen LogP contribution in [-0.4, -0.2) is 28.5 Å². The van der Waals surface area contributed by atoms with Crippen LogP contribution in [0.25, 0.3) is 0 Å². The summed E-state index contributed by atoms with van der Waals surface area (Å²) in [6, 6.07) is 7.20. The van der Waals surface area contributed by atoms with Crippen molar-refractivity contribution in [2.45, 2.75) is 39.4 Å². The van der Waals surface area contributed by atoms with Crippen LogP contribution in [0.2, 0.25) is 0 Å². The van der Waals surface area contributed by atoms with Crippen LogP contribution in [0.3, 0.4) is 0 Å². The van der Waals surface area contributed by atoms with Crippen LogP contribution in [0, 0.1) is 13.8 Å². The van der Waals surface area contributed by atoms with Crippen molar-refractivity contribution in [1.29, 1.82) is 0 Å². The molecule has 1 saturated heterocycles. The minimum absolute atomic E-state index is 0.0323. The first kappa shape index (κ1) is 17.6. The molecule has 2 heterocycles. The molecule has 2 aromatic rings. The summed E-state index contributed by atoms with van der Waals surface area (Å²) in [5.41, 5.74) is 2.18. The number of hydrogen-bond acceptors (Lipinski definition) is 1. The van der Waals surface area contributed by atoms with E-state index in [4.69, 9.17) is 0 Å². The lowest BCUT2D eigenvalue weighted by Gasteiger charge is -2.19. The summed E-state index contributed by atoms with van der Waals surface area (Å²) in [4.78, 5) is 14.7. The number of nitrogens with zero attached hydrogens (tertiary/aromatic N) is 2. The molecule has 3 nitrogen and oxygen atoms in total. The van der Waals surface area contributed by atoms with Gasteiger partial charge in [-0.1, -0.05) is 12.1 Å². The molecule has 0 aliphatic carbocycles. The van der Waals surface area contributed by atoms with Crippen LogP contribution < -0.4 is 0 Å². The summed E-state index contributed by atoms with van der Waals surface area (Å²) in [5, 5.41) is 0. The number of aryl methyl sites for hydroxylation is 2. The number of hydrogen-bond donors (Lipinski definition) is 0. The van der Waals surface area contributed by atoms with Crippen molar-refractivity contribution in [1.82, 2.24) is 9.47 Å². The molecule has 1 amide bonds. The van der Waals surface area contributed by atoms with Crippen LogP contribution in [0.1, 0.15) is 45.7 Å². The van der Waals surface area contributed by atoms with Crippen molar-refractivity contribution < 1.29 is 18.0 Å². The highest BCUT2D eigenvalue weighted by atomic mass is 19.4. The average molecular weight is 350 g/mol. The van der Waals surface area contributed by atoms with Gasteiger partial charge in [0, 0.05) is 25.3 Å². The lowest BCUT2D eigenvalue weighted by atomic mass is 10.1. The molecule has 1 aromatic carbocycles. The Morgan fingerprint density at radius 3 is 2.44 bits per heavy atom. The number of aromatic nitrogens is 1. The highest BCUT2D eigenvalue weighted by molar-refractivity contribution is 5.94. The van der Waals surface area contributed by atoms with E-state index < -0.39 is 11.7 Å². The van der Waals surface area contributed by atoms with Crippen molar-refractivity contribution in [2.75, 3.05) is 13.1 Å². The molecule has 0 atom stereocenters. The molecule has 0 N–H and O–H groups in total. The van der Waals surface area contributed by atoms with Crippen LogP contribution in [0.15, 0.2) is 30.3 Å². The Morgan fingerprint density at radius 1 is 1.12 bits per heavy atom. The number of carbonyl (C=O) groups excluding carboxylic acids is 1. The van der Waals surface area contributed by atoms with E-state index in [1.165, 1.54) is 6.07 Å². The van der Waals surface area contributed by atoms with Gasteiger partial charge in [-0.25, -0.2) is 0 Å². The van der Waals surface area contributed by atoms with Gasteiger partial charge in [-0.05, 0) is 56.0 Å². The number of benzene rings is 1. The second-order valence-electron chi connectivity index (χ2n) is 6.60. The van der Waals surface area contributed by atoms with Crippen LogP contribution in [0.5, 0.6) is 0 Å². The molecule has 0 radical (unpaired) electrons. The van der Waals surface area contributed by atoms with Gasteiger partial charge >= 0.3 is 6.18 Å². The first-order chi connectivity index (χ1) is 11.8. The Morgan fingerprint density at radius 2 is 1.80 bits per heavy atom. The largest absolute Gasteiger partial charge is 0.416 e. The van der Waals surface area contributed by atoms with E-state index >= 15 is 0 Å². The molecule has 6 heteroatoms. The molecule has 134 valence electrons. The zero-order valence-electron chi connectivity index (χ0n) is 14.4. The van der Waals surface area contributed by atoms with Crippen molar-refractivity contribution in [2.24, 2.45) is 0 Å². The fourth-order valence-electron chi connectivity index (χ4n) is 3.44. The zero-order valence-corrected chi connectivity index (χ0v) is 14.4. The van der Waals surface area contributed by atoms with E-state index in [2.05, 4.69) is 0 Å². The molecule has 0 bridgehead atoms. The van der Waals surface area contributed by atoms with E-state index in [1.54, 1.807) is 6.07 Å². The van der Waals surface area contributed by atoms with E-state index in [-0.39, 0.29) is 12.5 Å². The molecular weight excluding hydrogens is 329 g/mol. The molecular formula is C19H21F3N2O. The maximum atomic E-state index is 12.9. The number of halogens is 3. The molecule has 25 heavy (non-hydrogen) atoms. The van der Waals surface area contributed by atoms with Gasteiger partial charge in [0.2, 0.25) is 0 Å². The molecule has 0 saturated carbocycles. The fraction of sp³-hybridized carbons (Fsp3) is 0.421. The van der Waals surface area contributed by atoms with Crippen LogP contribution in [0.4, 0.5) is 13.2 Å². The van der Waals surface area contributed by atoms with E-state index in [0.29, 0.717) is 11.3 Å². The van der Waals surface area contributed by atoms with E-state index in [9.17, 15) is 18.0 Å². The lowest BCUT2D eigenvalue weighted by Crippen LogP contribution is -2.30.